The van der Waals surface area contributed by atoms with Gasteiger partial charge in [-0.3, -0.25) is 10.1 Å². The molecule has 3 amide bonds. The van der Waals surface area contributed by atoms with Crippen LogP contribution in [0.2, 0.25) is 0 Å². The highest BCUT2D eigenvalue weighted by Gasteiger charge is 2.28. The Bertz CT molecular complexity index is 5990. The predicted octanol–water partition coefficient (Wildman–Crippen LogP) is 19.8. The molecule has 15 aromatic rings. The van der Waals surface area contributed by atoms with Crippen LogP contribution < -0.4 is 37.2 Å². The van der Waals surface area contributed by atoms with Gasteiger partial charge in [0.2, 0.25) is 29.7 Å². The van der Waals surface area contributed by atoms with E-state index in [4.69, 9.17) is 14.6 Å². The van der Waals surface area contributed by atoms with E-state index in [0.717, 1.165) is 114 Å². The van der Waals surface area contributed by atoms with Crippen LogP contribution in [0.25, 0.3) is 63.7 Å². The summed E-state index contributed by atoms with van der Waals surface area (Å²) in [5.74, 6) is 2.49. The number of piperidine rings is 1. The zero-order valence-corrected chi connectivity index (χ0v) is 73.8. The van der Waals surface area contributed by atoms with Crippen molar-refractivity contribution in [1.29, 1.82) is 0 Å². The molecule has 30 nitrogen and oxygen atoms in total. The molecule has 12 heterocycles. The number of thiazole rings is 6. The fourth-order valence-electron chi connectivity index (χ4n) is 11.4. The molecule has 0 unspecified atom stereocenters. The second-order valence-electron chi connectivity index (χ2n) is 29.3. The molecule has 1 aliphatic heterocycles. The number of hydrogen-bond donors (Lipinski definition) is 8. The molecule has 36 heteroatoms. The Morgan fingerprint density at radius 3 is 1.30 bits per heavy atom. The fourth-order valence-corrected chi connectivity index (χ4v) is 16.0. The Morgan fingerprint density at radius 1 is 0.438 bits per heavy atom. The molecule has 1 aliphatic rings. The van der Waals surface area contributed by atoms with Crippen LogP contribution in [0.1, 0.15) is 105 Å². The lowest BCUT2D eigenvalue weighted by Gasteiger charge is -2.33. The number of nitrogens with one attached hydrogen (secondary N) is 7. The van der Waals surface area contributed by atoms with E-state index in [1.807, 2.05) is 200 Å². The van der Waals surface area contributed by atoms with Crippen molar-refractivity contribution < 1.29 is 29.0 Å². The molecule has 0 saturated carbocycles. The number of aliphatic hydroxyl groups is 1. The smallest absolute Gasteiger partial charge is 0.412 e. The molecule has 16 rings (SSSR count). The molecule has 8 N–H and O–H groups in total. The summed E-state index contributed by atoms with van der Waals surface area (Å²) in [6.07, 6.45) is 18.4. The van der Waals surface area contributed by atoms with Crippen LogP contribution in [0, 0.1) is 48.5 Å². The van der Waals surface area contributed by atoms with Gasteiger partial charge in [0.1, 0.15) is 69.6 Å². The van der Waals surface area contributed by atoms with Gasteiger partial charge in [0, 0.05) is 130 Å². The maximum atomic E-state index is 12.1. The van der Waals surface area contributed by atoms with Crippen LogP contribution in [-0.2, 0) is 16.1 Å². The summed E-state index contributed by atoms with van der Waals surface area (Å²) >= 11 is 9.41. The molecular formula is C85H90N24O6S6. The lowest BCUT2D eigenvalue weighted by molar-refractivity contribution is 0.0209. The third-order valence-corrected chi connectivity index (χ3v) is 22.4. The van der Waals surface area contributed by atoms with Crippen molar-refractivity contribution in [2.24, 2.45) is 0 Å². The Kier molecular flexibility index (Phi) is 29.6. The van der Waals surface area contributed by atoms with E-state index >= 15 is 0 Å². The minimum Gasteiger partial charge on any atom is -0.444 e. The maximum Gasteiger partial charge on any atom is 0.412 e. The summed E-state index contributed by atoms with van der Waals surface area (Å²) < 4.78 is 11.8. The van der Waals surface area contributed by atoms with Gasteiger partial charge in [0.05, 0.1) is 28.0 Å². The molecule has 121 heavy (non-hydrogen) atoms. The first kappa shape index (κ1) is 87.6. The van der Waals surface area contributed by atoms with Gasteiger partial charge in [0.15, 0.2) is 0 Å². The van der Waals surface area contributed by atoms with Crippen molar-refractivity contribution in [3.8, 4) is 53.5 Å². The number of aliphatic hydroxyl groups excluding tert-OH is 1. The number of nitrogens with zero attached hydrogens (tertiary/aromatic N) is 17. The minimum atomic E-state index is -0.538. The number of anilines is 10. The summed E-state index contributed by atoms with van der Waals surface area (Å²) in [4.78, 5) is 113. The molecule has 0 bridgehead atoms. The summed E-state index contributed by atoms with van der Waals surface area (Å²) in [6, 6.07) is 36.4. The number of aromatic nitrogens is 16. The number of amides is 3. The number of carbonyl (C=O) groups is 3. The highest BCUT2D eigenvalue weighted by Crippen LogP contribution is 2.32. The fraction of sp³-hybridized carbons (Fsp3) is 0.259. The zero-order valence-electron chi connectivity index (χ0n) is 68.9. The van der Waals surface area contributed by atoms with Gasteiger partial charge in [-0.15, -0.1) is 68.0 Å². The van der Waals surface area contributed by atoms with Crippen LogP contribution in [0.4, 0.5) is 67.8 Å². The predicted molar refractivity (Wildman–Crippen MR) is 485 cm³/mol. The molecule has 1 saturated heterocycles. The van der Waals surface area contributed by atoms with E-state index in [1.54, 1.807) is 124 Å². The monoisotopic (exact) mass is 1730 g/mol. The normalized spacial score (nSPS) is 11.9. The van der Waals surface area contributed by atoms with E-state index in [1.165, 1.54) is 27.2 Å². The van der Waals surface area contributed by atoms with E-state index < -0.39 is 17.3 Å². The lowest BCUT2D eigenvalue weighted by atomic mass is 10.1. The Hall–Kier alpha value is -12.7. The highest BCUT2D eigenvalue weighted by atomic mass is 32.1. The lowest BCUT2D eigenvalue weighted by Crippen LogP contribution is -2.44. The zero-order chi connectivity index (χ0) is 85.7. The molecule has 0 radical (unpaired) electrons. The average Bonchev–Trinajstić information content (AvgIpc) is 1.71. The van der Waals surface area contributed by atoms with Crippen LogP contribution in [-0.4, -0.2) is 145 Å². The van der Waals surface area contributed by atoms with E-state index in [9.17, 15) is 14.4 Å². The van der Waals surface area contributed by atoms with Gasteiger partial charge in [-0.1, -0.05) is 18.2 Å². The van der Waals surface area contributed by atoms with Gasteiger partial charge in [0.25, 0.3) is 5.91 Å². The number of carbonyl (C=O) groups excluding carboxylic acids is 3. The van der Waals surface area contributed by atoms with Gasteiger partial charge < -0.3 is 51.4 Å². The first-order valence-electron chi connectivity index (χ1n) is 38.2. The summed E-state index contributed by atoms with van der Waals surface area (Å²) in [5.41, 5.74) is 11.2. The molecule has 0 spiro atoms. The Morgan fingerprint density at radius 2 is 0.851 bits per heavy atom. The maximum absolute atomic E-state index is 12.1. The summed E-state index contributed by atoms with van der Waals surface area (Å²) in [7, 11) is 1.60. The third kappa shape index (κ3) is 26.6. The van der Waals surface area contributed by atoms with Gasteiger partial charge in [-0.25, -0.2) is 89.3 Å². The van der Waals surface area contributed by atoms with E-state index in [2.05, 4.69) is 129 Å². The highest BCUT2D eigenvalue weighted by molar-refractivity contribution is 7.18. The van der Waals surface area contributed by atoms with Crippen molar-refractivity contribution >= 4 is 155 Å². The van der Waals surface area contributed by atoms with Crippen molar-refractivity contribution in [3.05, 3.63) is 223 Å². The van der Waals surface area contributed by atoms with Gasteiger partial charge >= 0.3 is 12.2 Å². The van der Waals surface area contributed by atoms with Gasteiger partial charge in [-0.2, -0.15) is 0 Å². The van der Waals surface area contributed by atoms with Gasteiger partial charge in [-0.05, 0) is 217 Å². The largest absolute Gasteiger partial charge is 0.444 e. The molecule has 1 fully saturated rings. The number of likely N-dealkylation sites (tertiary alicyclic amines) is 1. The minimum absolute atomic E-state index is 0.00874. The average molecular weight is 1740 g/mol. The van der Waals surface area contributed by atoms with Crippen LogP contribution >= 0.6 is 68.0 Å². The molecule has 0 aliphatic carbocycles. The second-order valence-corrected chi connectivity index (χ2v) is 36.5. The standard InChI is InChI=1S/C19H21N5O2S.C18H25N5O2S.C17H17N5OS.C16H13N5S2.C15H14N4OS/c1-12-11-21-16(27-12)15-9-10-20-17(24-15)22-13-5-7-14(8-6-13)23-18(25)26-19(2,3)4;1-12-11-20-15(26-12)14-5-8-19-16(22-14)21-13-6-9-23(10-7-13)17(24)25-18(2,3)4;1-10-6-11(2)8-12(7-10)21-17-19-5-4-13(22-17)16-20-9-14(24-16)15(23)18-3;1-9-8-18-15(22-9)12-5-6-17-16(21-12)20-11-3-4-14-13(7-11)19-10(2)23-14;1-10-8-17-14(21-10)13-5-6-16-15(19-13)18-12-4-2-3-11(7-12)9-20/h5-11H,1-4H3,(H,23,25)(H,20,22,24);5,8,11,13H,6-7,9-10H2,1-4H3,(H,19,21,22);4-9H,1-3H3,(H,18,23)(H,19,21,22);3-8H,1-2H3,(H,17,20,21);2-8,20H,9H2,1H3,(H,16,18,19). The Balaban J connectivity index is 0.000000139. The van der Waals surface area contributed by atoms with E-state index in [-0.39, 0.29) is 24.6 Å². The molecule has 4 aromatic carbocycles. The number of ether oxygens (including phenoxy) is 2. The number of hydrogen-bond acceptors (Lipinski definition) is 33. The number of aryl methyl sites for hydroxylation is 7. The number of benzene rings is 4. The first-order valence-corrected chi connectivity index (χ1v) is 43.1. The van der Waals surface area contributed by atoms with Crippen molar-refractivity contribution in [2.75, 3.05) is 52.0 Å². The first-order chi connectivity index (χ1) is 58.0. The Labute approximate surface area is 723 Å². The summed E-state index contributed by atoms with van der Waals surface area (Å²) in [5, 5.41) is 35.8. The number of rotatable bonds is 18. The molecule has 622 valence electrons. The molecule has 0 atom stereocenters. The number of fused-ring (bicyclic) bond motifs is 1. The van der Waals surface area contributed by atoms with Crippen molar-refractivity contribution in [3.63, 3.8) is 0 Å². The molecule has 11 aromatic heterocycles. The SMILES string of the molecule is CNC(=O)c1cnc(-c2ccnc(Nc3cc(C)cc(C)c3)n2)s1.Cc1cnc(-c2ccnc(NC3CCN(C(=O)OC(C)(C)C)CC3)n2)s1.Cc1cnc(-c2ccnc(Nc3ccc(NC(=O)OC(C)(C)C)cc3)n2)s1.Cc1cnc(-c2ccnc(Nc3ccc4sc(C)nc4c3)n2)s1.Cc1cnc(-c2ccnc(Nc3cccc(CO)c3)n2)s1. The quantitative estimate of drug-likeness (QED) is 0.0395. The summed E-state index contributed by atoms with van der Waals surface area (Å²) in [6.45, 7) is 26.6. The van der Waals surface area contributed by atoms with Crippen LogP contribution in [0.3, 0.4) is 0 Å². The van der Waals surface area contributed by atoms with Crippen molar-refractivity contribution in [1.82, 2.24) is 90.0 Å². The van der Waals surface area contributed by atoms with Crippen LogP contribution in [0.15, 0.2) is 177 Å². The molecular weight excluding hydrogens is 1650 g/mol. The topological polar surface area (TPSA) is 384 Å². The third-order valence-electron chi connectivity index (χ3n) is 16.7. The van der Waals surface area contributed by atoms with Crippen LogP contribution in [0.5, 0.6) is 0 Å². The van der Waals surface area contributed by atoms with E-state index in [0.29, 0.717) is 64.1 Å². The van der Waals surface area contributed by atoms with Crippen molar-refractivity contribution in [2.45, 2.75) is 127 Å². The second kappa shape index (κ2) is 40.8.